The zero-order valence-corrected chi connectivity index (χ0v) is 18.4. The molecule has 0 atom stereocenters. The summed E-state index contributed by atoms with van der Waals surface area (Å²) >= 11 is 5.86. The van der Waals surface area contributed by atoms with Crippen molar-refractivity contribution in [3.05, 3.63) is 82.4 Å². The Morgan fingerprint density at radius 2 is 1.74 bits per heavy atom. The molecule has 0 radical (unpaired) electrons. The molecule has 0 saturated heterocycles. The second-order valence-corrected chi connectivity index (χ2v) is 7.45. The van der Waals surface area contributed by atoms with Crippen molar-refractivity contribution in [2.24, 2.45) is 5.10 Å². The first-order valence-electron chi connectivity index (χ1n) is 10.3. The first-order chi connectivity index (χ1) is 15.0. The van der Waals surface area contributed by atoms with Crippen LogP contribution in [0.1, 0.15) is 35.3 Å². The smallest absolute Gasteiger partial charge is 0.271 e. The Morgan fingerprint density at radius 1 is 1.06 bits per heavy atom. The molecule has 0 aliphatic heterocycles. The molecule has 0 aromatic heterocycles. The van der Waals surface area contributed by atoms with Crippen LogP contribution in [0.15, 0.2) is 65.8 Å². The molecule has 5 nitrogen and oxygen atoms in total. The van der Waals surface area contributed by atoms with Gasteiger partial charge < -0.3 is 10.0 Å². The molecule has 3 rings (SSSR count). The van der Waals surface area contributed by atoms with E-state index >= 15 is 0 Å². The predicted octanol–water partition coefficient (Wildman–Crippen LogP) is 5.32. The summed E-state index contributed by atoms with van der Waals surface area (Å²) in [6.07, 6.45) is 5.97. The van der Waals surface area contributed by atoms with E-state index < -0.39 is 5.91 Å². The van der Waals surface area contributed by atoms with Crippen LogP contribution >= 0.6 is 11.6 Å². The molecule has 1 amide bonds. The summed E-state index contributed by atoms with van der Waals surface area (Å²) in [6, 6.07) is 16.4. The fourth-order valence-corrected chi connectivity index (χ4v) is 3.47. The average molecular weight is 436 g/mol. The summed E-state index contributed by atoms with van der Waals surface area (Å²) in [6.45, 7) is 7.29. The number of nitrogens with one attached hydrogen (secondary N) is 1. The number of amides is 1. The molecular weight excluding hydrogens is 410 g/mol. The Hall–Kier alpha value is -3.15. The van der Waals surface area contributed by atoms with Crippen LogP contribution in [-0.2, 0) is 0 Å². The standard InChI is InChI=1S/C25H26ClN3O2/c1-3-29(4-2)15-7-8-18-11-12-20(22-10-6-5-9-21(18)22)17-27-28-25(31)19-13-14-24(30)23(26)16-19/h5-14,16-17,30H,3-4,15H2,1-2H3,(H,28,31)/b8-7+,27-17+. The summed E-state index contributed by atoms with van der Waals surface area (Å²) in [7, 11) is 0. The minimum absolute atomic E-state index is 0.0700. The highest BCUT2D eigenvalue weighted by molar-refractivity contribution is 6.32. The summed E-state index contributed by atoms with van der Waals surface area (Å²) < 4.78 is 0. The molecule has 0 aliphatic rings. The molecule has 0 unspecified atom stereocenters. The van der Waals surface area contributed by atoms with Crippen LogP contribution in [-0.4, -0.2) is 41.8 Å². The van der Waals surface area contributed by atoms with Gasteiger partial charge in [0.1, 0.15) is 5.75 Å². The number of benzene rings is 3. The molecule has 6 heteroatoms. The Labute approximate surface area is 187 Å². The molecule has 0 bridgehead atoms. The van der Waals surface area contributed by atoms with Crippen LogP contribution in [0.25, 0.3) is 16.8 Å². The van der Waals surface area contributed by atoms with Gasteiger partial charge in [0.15, 0.2) is 0 Å². The molecule has 31 heavy (non-hydrogen) atoms. The lowest BCUT2D eigenvalue weighted by Crippen LogP contribution is -2.22. The number of carbonyl (C=O) groups is 1. The van der Waals surface area contributed by atoms with E-state index in [0.717, 1.165) is 41.5 Å². The SMILES string of the molecule is CCN(CC)C/C=C/c1ccc(/C=N/NC(=O)c2ccc(O)c(Cl)c2)c2ccccc12. The lowest BCUT2D eigenvalue weighted by Gasteiger charge is -2.15. The maximum atomic E-state index is 12.3. The highest BCUT2D eigenvalue weighted by Gasteiger charge is 2.08. The number of hydrogen-bond donors (Lipinski definition) is 2. The fourth-order valence-electron chi connectivity index (χ4n) is 3.29. The summed E-state index contributed by atoms with van der Waals surface area (Å²) in [5, 5.41) is 15.9. The van der Waals surface area contributed by atoms with Crippen LogP contribution in [0.3, 0.4) is 0 Å². The van der Waals surface area contributed by atoms with Crippen molar-refractivity contribution >= 4 is 40.6 Å². The second-order valence-electron chi connectivity index (χ2n) is 7.04. The third kappa shape index (κ3) is 5.72. The normalized spacial score (nSPS) is 11.7. The van der Waals surface area contributed by atoms with Crippen molar-refractivity contribution in [2.45, 2.75) is 13.8 Å². The van der Waals surface area contributed by atoms with Gasteiger partial charge in [0, 0.05) is 17.7 Å². The van der Waals surface area contributed by atoms with Gasteiger partial charge in [-0.05, 0) is 47.6 Å². The third-order valence-electron chi connectivity index (χ3n) is 5.13. The number of phenolic OH excluding ortho intramolecular Hbond substituents is 1. The molecule has 3 aromatic rings. The molecule has 0 heterocycles. The van der Waals surface area contributed by atoms with E-state index in [0.29, 0.717) is 5.56 Å². The van der Waals surface area contributed by atoms with Gasteiger partial charge in [-0.1, -0.05) is 74.0 Å². The van der Waals surface area contributed by atoms with E-state index in [2.05, 4.69) is 53.6 Å². The number of fused-ring (bicyclic) bond motifs is 1. The number of hydrogen-bond acceptors (Lipinski definition) is 4. The van der Waals surface area contributed by atoms with Crippen molar-refractivity contribution < 1.29 is 9.90 Å². The fraction of sp³-hybridized carbons (Fsp3) is 0.200. The number of nitrogens with zero attached hydrogens (tertiary/aromatic N) is 2. The van der Waals surface area contributed by atoms with Crippen molar-refractivity contribution in [3.8, 4) is 5.75 Å². The van der Waals surface area contributed by atoms with Gasteiger partial charge in [0.05, 0.1) is 11.2 Å². The molecular formula is C25H26ClN3O2. The van der Waals surface area contributed by atoms with Gasteiger partial charge in [-0.2, -0.15) is 5.10 Å². The van der Waals surface area contributed by atoms with Gasteiger partial charge in [0.25, 0.3) is 5.91 Å². The van der Waals surface area contributed by atoms with Gasteiger partial charge in [0.2, 0.25) is 0 Å². The monoisotopic (exact) mass is 435 g/mol. The van der Waals surface area contributed by atoms with E-state index in [9.17, 15) is 9.90 Å². The minimum Gasteiger partial charge on any atom is -0.506 e. The van der Waals surface area contributed by atoms with E-state index in [4.69, 9.17) is 11.6 Å². The Morgan fingerprint density at radius 3 is 2.42 bits per heavy atom. The summed E-state index contributed by atoms with van der Waals surface area (Å²) in [5.74, 6) is -0.474. The minimum atomic E-state index is -0.404. The second kappa shape index (κ2) is 10.8. The first-order valence-corrected chi connectivity index (χ1v) is 10.6. The van der Waals surface area contributed by atoms with E-state index in [1.165, 1.54) is 18.2 Å². The number of likely N-dealkylation sites (N-methyl/N-ethyl adjacent to an activating group) is 1. The lowest BCUT2D eigenvalue weighted by molar-refractivity contribution is 0.0955. The lowest BCUT2D eigenvalue weighted by atomic mass is 9.99. The summed E-state index contributed by atoms with van der Waals surface area (Å²) in [4.78, 5) is 14.6. The third-order valence-corrected chi connectivity index (χ3v) is 5.43. The number of phenols is 1. The Kier molecular flexibility index (Phi) is 7.82. The number of halogens is 1. The van der Waals surface area contributed by atoms with Crippen molar-refractivity contribution in [3.63, 3.8) is 0 Å². The highest BCUT2D eigenvalue weighted by Crippen LogP contribution is 2.24. The quantitative estimate of drug-likeness (QED) is 0.372. The average Bonchev–Trinajstić information content (AvgIpc) is 2.79. The molecule has 3 aromatic carbocycles. The molecule has 2 N–H and O–H groups in total. The topological polar surface area (TPSA) is 64.9 Å². The van der Waals surface area contributed by atoms with Crippen molar-refractivity contribution in [1.29, 1.82) is 0 Å². The number of carbonyl (C=O) groups excluding carboxylic acids is 1. The number of rotatable bonds is 8. The van der Waals surface area contributed by atoms with Crippen LogP contribution in [0, 0.1) is 0 Å². The van der Waals surface area contributed by atoms with E-state index in [-0.39, 0.29) is 10.8 Å². The zero-order chi connectivity index (χ0) is 22.2. The molecule has 0 aliphatic carbocycles. The van der Waals surface area contributed by atoms with Crippen molar-refractivity contribution in [2.75, 3.05) is 19.6 Å². The van der Waals surface area contributed by atoms with E-state index in [1.54, 1.807) is 6.21 Å². The molecule has 0 spiro atoms. The number of hydrazone groups is 1. The zero-order valence-electron chi connectivity index (χ0n) is 17.7. The predicted molar refractivity (Wildman–Crippen MR) is 129 cm³/mol. The van der Waals surface area contributed by atoms with Gasteiger partial charge in [-0.25, -0.2) is 5.43 Å². The van der Waals surface area contributed by atoms with Gasteiger partial charge in [-0.15, -0.1) is 0 Å². The first kappa shape index (κ1) is 22.5. The van der Waals surface area contributed by atoms with Crippen LogP contribution in [0.4, 0.5) is 0 Å². The molecule has 0 saturated carbocycles. The van der Waals surface area contributed by atoms with Gasteiger partial charge in [-0.3, -0.25) is 4.79 Å². The van der Waals surface area contributed by atoms with Crippen molar-refractivity contribution in [1.82, 2.24) is 10.3 Å². The maximum Gasteiger partial charge on any atom is 0.271 e. The maximum absolute atomic E-state index is 12.3. The highest BCUT2D eigenvalue weighted by atomic mass is 35.5. The van der Waals surface area contributed by atoms with Crippen LogP contribution in [0.5, 0.6) is 5.75 Å². The molecule has 0 fully saturated rings. The number of aromatic hydroxyl groups is 1. The Bertz CT molecular complexity index is 1120. The molecule has 160 valence electrons. The van der Waals surface area contributed by atoms with Crippen LogP contribution < -0.4 is 5.43 Å². The largest absolute Gasteiger partial charge is 0.506 e. The van der Waals surface area contributed by atoms with E-state index in [1.807, 2.05) is 24.3 Å². The van der Waals surface area contributed by atoms with Gasteiger partial charge >= 0.3 is 0 Å². The Balaban J connectivity index is 1.77. The summed E-state index contributed by atoms with van der Waals surface area (Å²) in [5.41, 5.74) is 4.87. The van der Waals surface area contributed by atoms with Crippen LogP contribution in [0.2, 0.25) is 5.02 Å².